The largest absolute Gasteiger partial charge is 0.351 e. The molecule has 3 heterocycles. The Morgan fingerprint density at radius 1 is 1.25 bits per heavy atom. The molecule has 8 heteroatoms. The van der Waals surface area contributed by atoms with Crippen molar-refractivity contribution in [2.45, 2.75) is 65.8 Å². The highest BCUT2D eigenvalue weighted by atomic mass is 32.1. The minimum Gasteiger partial charge on any atom is -0.351 e. The molecular weight excluding hydrogens is 470 g/mol. The number of thiophene rings is 1. The maximum absolute atomic E-state index is 12.9. The van der Waals surface area contributed by atoms with Crippen LogP contribution < -0.4 is 10.6 Å². The predicted octanol–water partition coefficient (Wildman–Crippen LogP) is 5.96. The van der Waals surface area contributed by atoms with Gasteiger partial charge in [0.15, 0.2) is 5.65 Å². The first-order chi connectivity index (χ1) is 17.2. The summed E-state index contributed by atoms with van der Waals surface area (Å²) in [5.41, 5.74) is 2.13. The topological polar surface area (TPSA) is 99.8 Å². The average Bonchev–Trinajstić information content (AvgIpc) is 3.58. The van der Waals surface area contributed by atoms with Gasteiger partial charge in [-0.25, -0.2) is 9.97 Å². The van der Waals surface area contributed by atoms with Crippen LogP contribution in [0.1, 0.15) is 79.8 Å². The van der Waals surface area contributed by atoms with Gasteiger partial charge in [-0.2, -0.15) is 0 Å². The van der Waals surface area contributed by atoms with Crippen molar-refractivity contribution in [2.24, 2.45) is 17.3 Å². The van der Waals surface area contributed by atoms with E-state index >= 15 is 0 Å². The van der Waals surface area contributed by atoms with Crippen LogP contribution >= 0.6 is 11.3 Å². The highest BCUT2D eigenvalue weighted by Crippen LogP contribution is 2.35. The molecule has 1 saturated carbocycles. The van der Waals surface area contributed by atoms with Gasteiger partial charge in [0.2, 0.25) is 0 Å². The zero-order chi connectivity index (χ0) is 25.9. The lowest BCUT2D eigenvalue weighted by molar-refractivity contribution is 0.0910. The van der Waals surface area contributed by atoms with E-state index < -0.39 is 0 Å². The third kappa shape index (κ3) is 6.03. The molecule has 1 aliphatic carbocycles. The maximum Gasteiger partial charge on any atom is 0.261 e. The molecule has 7 nitrogen and oxygen atoms in total. The number of H-pyrrole nitrogens is 1. The van der Waals surface area contributed by atoms with Gasteiger partial charge in [0, 0.05) is 18.8 Å². The Morgan fingerprint density at radius 2 is 2.03 bits per heavy atom. The lowest BCUT2D eigenvalue weighted by atomic mass is 9.88. The quantitative estimate of drug-likeness (QED) is 0.311. The molecule has 0 saturated heterocycles. The Bertz CT molecular complexity index is 1240. The molecule has 3 aromatic heterocycles. The van der Waals surface area contributed by atoms with Gasteiger partial charge in [-0.15, -0.1) is 17.9 Å². The first-order valence-electron chi connectivity index (χ1n) is 12.8. The fourth-order valence-electron chi connectivity index (χ4n) is 4.64. The fourth-order valence-corrected chi connectivity index (χ4v) is 5.52. The number of rotatable bonds is 9. The monoisotopic (exact) mass is 507 g/mol. The van der Waals surface area contributed by atoms with Crippen molar-refractivity contribution < 1.29 is 9.59 Å². The molecule has 1 aliphatic rings. The van der Waals surface area contributed by atoms with E-state index in [4.69, 9.17) is 4.98 Å². The smallest absolute Gasteiger partial charge is 0.261 e. The van der Waals surface area contributed by atoms with Gasteiger partial charge >= 0.3 is 0 Å². The molecule has 0 spiro atoms. The fraction of sp³-hybridized carbons (Fsp3) is 0.500. The van der Waals surface area contributed by atoms with Crippen molar-refractivity contribution >= 4 is 34.3 Å². The molecule has 3 aromatic rings. The number of aromatic nitrogens is 3. The maximum atomic E-state index is 12.9. The molecule has 0 aliphatic heterocycles. The van der Waals surface area contributed by atoms with Crippen molar-refractivity contribution in [3.05, 3.63) is 47.6 Å². The molecule has 1 fully saturated rings. The minimum atomic E-state index is -0.181. The molecular formula is C28H37N5O2S. The SMILES string of the molecule is C=CCC1CCC(CCNC(=O)c2ccc(-c3cnc4[nH]cc(C(=O)NC(C)C(C)(C)C)c4n3)s2)C1. The van der Waals surface area contributed by atoms with E-state index in [2.05, 4.69) is 48.0 Å². The first-order valence-corrected chi connectivity index (χ1v) is 13.6. The molecule has 3 atom stereocenters. The first kappa shape index (κ1) is 26.1. The van der Waals surface area contributed by atoms with Gasteiger partial charge in [-0.05, 0) is 62.0 Å². The summed E-state index contributed by atoms with van der Waals surface area (Å²) in [6.07, 6.45) is 11.2. The molecule has 0 bridgehead atoms. The summed E-state index contributed by atoms with van der Waals surface area (Å²) in [5.74, 6) is 1.21. The third-order valence-corrected chi connectivity index (χ3v) is 8.45. The van der Waals surface area contributed by atoms with Crippen molar-refractivity contribution in [1.29, 1.82) is 0 Å². The Morgan fingerprint density at radius 3 is 2.78 bits per heavy atom. The number of hydrogen-bond acceptors (Lipinski definition) is 5. The summed E-state index contributed by atoms with van der Waals surface area (Å²) >= 11 is 1.39. The Kier molecular flexibility index (Phi) is 7.93. The zero-order valence-electron chi connectivity index (χ0n) is 21.7. The highest BCUT2D eigenvalue weighted by molar-refractivity contribution is 7.17. The van der Waals surface area contributed by atoms with E-state index in [0.717, 1.165) is 23.6 Å². The lowest BCUT2D eigenvalue weighted by Crippen LogP contribution is -2.41. The predicted molar refractivity (Wildman–Crippen MR) is 146 cm³/mol. The number of amides is 2. The number of nitrogens with one attached hydrogen (secondary N) is 3. The lowest BCUT2D eigenvalue weighted by Gasteiger charge is -2.27. The van der Waals surface area contributed by atoms with E-state index in [1.54, 1.807) is 12.4 Å². The Labute approximate surface area is 217 Å². The summed E-state index contributed by atoms with van der Waals surface area (Å²) in [5, 5.41) is 6.13. The van der Waals surface area contributed by atoms with Crippen LogP contribution in [0.3, 0.4) is 0 Å². The summed E-state index contributed by atoms with van der Waals surface area (Å²) in [4.78, 5) is 39.3. The number of nitrogens with zero attached hydrogens (tertiary/aromatic N) is 2. The van der Waals surface area contributed by atoms with Gasteiger partial charge in [0.25, 0.3) is 11.8 Å². The van der Waals surface area contributed by atoms with Gasteiger partial charge < -0.3 is 15.6 Å². The van der Waals surface area contributed by atoms with Crippen LogP contribution in [0, 0.1) is 17.3 Å². The van der Waals surface area contributed by atoms with Gasteiger partial charge in [-0.1, -0.05) is 33.3 Å². The molecule has 0 aromatic carbocycles. The number of allylic oxidation sites excluding steroid dienone is 1. The molecule has 0 radical (unpaired) electrons. The van der Waals surface area contributed by atoms with Gasteiger partial charge in [-0.3, -0.25) is 9.59 Å². The summed E-state index contributed by atoms with van der Waals surface area (Å²) in [6.45, 7) is 12.8. The van der Waals surface area contributed by atoms with Crippen molar-refractivity contribution in [2.75, 3.05) is 6.54 Å². The van der Waals surface area contributed by atoms with Crippen molar-refractivity contribution in [3.8, 4) is 10.6 Å². The van der Waals surface area contributed by atoms with Crippen LogP contribution in [-0.2, 0) is 0 Å². The zero-order valence-corrected chi connectivity index (χ0v) is 22.5. The van der Waals surface area contributed by atoms with Crippen LogP contribution in [0.25, 0.3) is 21.7 Å². The van der Waals surface area contributed by atoms with Crippen LogP contribution in [-0.4, -0.2) is 39.4 Å². The number of aromatic amines is 1. The van der Waals surface area contributed by atoms with Crippen LogP contribution in [0.2, 0.25) is 0 Å². The second-order valence-corrected chi connectivity index (χ2v) is 12.1. The van der Waals surface area contributed by atoms with E-state index in [1.807, 2.05) is 25.1 Å². The van der Waals surface area contributed by atoms with E-state index in [1.165, 1.54) is 30.6 Å². The number of hydrogen-bond donors (Lipinski definition) is 3. The summed E-state index contributed by atoms with van der Waals surface area (Å²) in [6, 6.07) is 3.71. The second kappa shape index (κ2) is 10.9. The van der Waals surface area contributed by atoms with Crippen LogP contribution in [0.4, 0.5) is 0 Å². The Hall–Kier alpha value is -3.00. The minimum absolute atomic E-state index is 0.00769. The second-order valence-electron chi connectivity index (χ2n) is 11.0. The third-order valence-electron chi connectivity index (χ3n) is 7.34. The van der Waals surface area contributed by atoms with E-state index in [-0.39, 0.29) is 23.3 Å². The summed E-state index contributed by atoms with van der Waals surface area (Å²) in [7, 11) is 0. The summed E-state index contributed by atoms with van der Waals surface area (Å²) < 4.78 is 0. The van der Waals surface area contributed by atoms with Crippen molar-refractivity contribution in [1.82, 2.24) is 25.6 Å². The average molecular weight is 508 g/mol. The van der Waals surface area contributed by atoms with Crippen LogP contribution in [0.15, 0.2) is 37.2 Å². The Balaban J connectivity index is 1.39. The van der Waals surface area contributed by atoms with Gasteiger partial charge in [0.1, 0.15) is 5.52 Å². The molecule has 192 valence electrons. The van der Waals surface area contributed by atoms with Crippen LogP contribution in [0.5, 0.6) is 0 Å². The molecule has 4 rings (SSSR count). The molecule has 3 unspecified atom stereocenters. The van der Waals surface area contributed by atoms with Gasteiger partial charge in [0.05, 0.1) is 27.2 Å². The standard InChI is InChI=1S/C28H37N5O2S/c1-6-7-18-8-9-19(14-18)12-13-29-27(35)23-11-10-22(36-23)21-16-31-25-24(33-21)20(15-30-25)26(34)32-17(2)28(3,4)5/h6,10-11,15-19H,1,7-9,12-14H2,2-5H3,(H,29,35)(H,30,31)(H,32,34). The van der Waals surface area contributed by atoms with E-state index in [0.29, 0.717) is 39.8 Å². The molecule has 36 heavy (non-hydrogen) atoms. The number of carbonyl (C=O) groups is 2. The normalized spacial score (nSPS) is 18.8. The van der Waals surface area contributed by atoms with E-state index in [9.17, 15) is 9.59 Å². The number of fused-ring (bicyclic) bond motifs is 1. The van der Waals surface area contributed by atoms with Crippen molar-refractivity contribution in [3.63, 3.8) is 0 Å². The highest BCUT2D eigenvalue weighted by Gasteiger charge is 2.25. The molecule has 3 N–H and O–H groups in total. The molecule has 2 amide bonds. The number of carbonyl (C=O) groups excluding carboxylic acids is 2.